The molecule has 3 aromatic rings. The van der Waals surface area contributed by atoms with Gasteiger partial charge in [0.15, 0.2) is 5.16 Å². The molecule has 0 unspecified atom stereocenters. The van der Waals surface area contributed by atoms with Crippen molar-refractivity contribution in [3.05, 3.63) is 53.0 Å². The molecule has 0 aliphatic heterocycles. The number of amides is 1. The summed E-state index contributed by atoms with van der Waals surface area (Å²) in [6.45, 7) is 1.87. The third kappa shape index (κ3) is 5.02. The Morgan fingerprint density at radius 2 is 2.04 bits per heavy atom. The van der Waals surface area contributed by atoms with Gasteiger partial charge < -0.3 is 11.1 Å². The van der Waals surface area contributed by atoms with Gasteiger partial charge in [0.05, 0.1) is 27.7 Å². The molecule has 0 spiro atoms. The van der Waals surface area contributed by atoms with Gasteiger partial charge in [0.1, 0.15) is 5.69 Å². The van der Waals surface area contributed by atoms with Crippen molar-refractivity contribution in [1.82, 2.24) is 9.97 Å². The van der Waals surface area contributed by atoms with E-state index in [-0.39, 0.29) is 16.6 Å². The van der Waals surface area contributed by atoms with E-state index >= 15 is 0 Å². The monoisotopic (exact) mass is 424 g/mol. The highest BCUT2D eigenvalue weighted by Gasteiger charge is 2.34. The predicted octanol–water partition coefficient (Wildman–Crippen LogP) is 4.85. The first-order chi connectivity index (χ1) is 13.2. The van der Waals surface area contributed by atoms with Crippen LogP contribution in [0, 0.1) is 6.92 Å². The summed E-state index contributed by atoms with van der Waals surface area (Å²) in [5, 5.41) is 4.26. The number of hydrogen-bond donors (Lipinski definition) is 2. The molecule has 10 heteroatoms. The Morgan fingerprint density at radius 1 is 1.25 bits per heavy atom. The third-order valence-electron chi connectivity index (χ3n) is 3.58. The number of aromatic nitrogens is 2. The lowest BCUT2D eigenvalue weighted by Gasteiger charge is -2.10. The fourth-order valence-electron chi connectivity index (χ4n) is 2.30. The number of thiophene rings is 1. The second-order valence-electron chi connectivity index (χ2n) is 5.82. The van der Waals surface area contributed by atoms with E-state index in [0.717, 1.165) is 23.4 Å². The van der Waals surface area contributed by atoms with E-state index in [0.29, 0.717) is 16.3 Å². The second kappa shape index (κ2) is 8.19. The zero-order chi connectivity index (χ0) is 20.3. The summed E-state index contributed by atoms with van der Waals surface area (Å²) in [6, 6.07) is 9.48. The number of nitrogen functional groups attached to an aromatic ring is 1. The lowest BCUT2D eigenvalue weighted by molar-refractivity contribution is -0.141. The van der Waals surface area contributed by atoms with Gasteiger partial charge in [-0.1, -0.05) is 23.9 Å². The number of nitrogens with two attached hydrogens (primary N) is 1. The molecule has 0 saturated heterocycles. The minimum absolute atomic E-state index is 0.120. The predicted molar refractivity (Wildman–Crippen MR) is 105 cm³/mol. The number of carbonyl (C=O) groups excluding carboxylic acids is 1. The lowest BCUT2D eigenvalue weighted by Crippen LogP contribution is -2.16. The summed E-state index contributed by atoms with van der Waals surface area (Å²) in [6.07, 6.45) is -4.61. The molecule has 0 aliphatic rings. The summed E-state index contributed by atoms with van der Waals surface area (Å²) in [7, 11) is 0. The van der Waals surface area contributed by atoms with E-state index in [1.54, 1.807) is 35.7 Å². The van der Waals surface area contributed by atoms with Gasteiger partial charge in [0.25, 0.3) is 0 Å². The van der Waals surface area contributed by atoms with Crippen LogP contribution in [0.15, 0.2) is 46.9 Å². The van der Waals surface area contributed by atoms with Crippen molar-refractivity contribution in [1.29, 1.82) is 0 Å². The molecule has 3 N–H and O–H groups in total. The first-order valence-corrected chi connectivity index (χ1v) is 9.88. The average Bonchev–Trinajstić information content (AvgIpc) is 3.16. The molecule has 28 heavy (non-hydrogen) atoms. The Morgan fingerprint density at radius 3 is 2.68 bits per heavy atom. The van der Waals surface area contributed by atoms with Crippen LogP contribution in [0.5, 0.6) is 0 Å². The van der Waals surface area contributed by atoms with Gasteiger partial charge in [-0.3, -0.25) is 4.79 Å². The molecule has 0 bridgehead atoms. The summed E-state index contributed by atoms with van der Waals surface area (Å²) in [5.74, 6) is -0.572. The molecule has 0 saturated carbocycles. The smallest absolute Gasteiger partial charge is 0.397 e. The van der Waals surface area contributed by atoms with Crippen LogP contribution in [0.1, 0.15) is 11.3 Å². The van der Waals surface area contributed by atoms with Crippen LogP contribution in [0.3, 0.4) is 0 Å². The largest absolute Gasteiger partial charge is 0.433 e. The maximum atomic E-state index is 13.2. The molecule has 2 heterocycles. The Hall–Kier alpha value is -2.59. The lowest BCUT2D eigenvalue weighted by atomic mass is 10.2. The van der Waals surface area contributed by atoms with E-state index in [9.17, 15) is 18.0 Å². The van der Waals surface area contributed by atoms with Crippen molar-refractivity contribution in [3.8, 4) is 10.6 Å². The molecule has 3 rings (SSSR count). The second-order valence-corrected chi connectivity index (χ2v) is 7.71. The summed E-state index contributed by atoms with van der Waals surface area (Å²) < 4.78 is 39.5. The average molecular weight is 424 g/mol. The molecule has 5 nitrogen and oxygen atoms in total. The molecule has 146 valence electrons. The van der Waals surface area contributed by atoms with Gasteiger partial charge in [-0.2, -0.15) is 13.2 Å². The summed E-state index contributed by atoms with van der Waals surface area (Å²) in [4.78, 5) is 20.4. The number of nitrogens with one attached hydrogen (secondary N) is 1. The molecule has 2 aromatic heterocycles. The third-order valence-corrected chi connectivity index (χ3v) is 5.32. The maximum absolute atomic E-state index is 13.2. The van der Waals surface area contributed by atoms with Gasteiger partial charge in [-0.05, 0) is 42.1 Å². The van der Waals surface area contributed by atoms with E-state index in [1.165, 1.54) is 11.3 Å². The fraction of sp³-hybridized carbons (Fsp3) is 0.167. The number of benzene rings is 1. The van der Waals surface area contributed by atoms with Crippen molar-refractivity contribution in [2.75, 3.05) is 16.8 Å². The molecule has 1 aromatic carbocycles. The SMILES string of the molecule is Cc1ccc(NC(=O)CSc2nc(-c3cccs3)cc(C(F)(F)F)n2)c(N)c1. The van der Waals surface area contributed by atoms with Crippen molar-refractivity contribution in [3.63, 3.8) is 0 Å². The van der Waals surface area contributed by atoms with Gasteiger partial charge in [-0.15, -0.1) is 11.3 Å². The quantitative estimate of drug-likeness (QED) is 0.348. The van der Waals surface area contributed by atoms with Crippen molar-refractivity contribution in [2.45, 2.75) is 18.3 Å². The number of alkyl halides is 3. The van der Waals surface area contributed by atoms with Crippen molar-refractivity contribution < 1.29 is 18.0 Å². The van der Waals surface area contributed by atoms with E-state index in [4.69, 9.17) is 5.73 Å². The van der Waals surface area contributed by atoms with Gasteiger partial charge in [-0.25, -0.2) is 9.97 Å². The number of nitrogens with zero attached hydrogens (tertiary/aromatic N) is 2. The first-order valence-electron chi connectivity index (χ1n) is 8.01. The van der Waals surface area contributed by atoms with E-state index in [1.807, 2.05) is 6.92 Å². The van der Waals surface area contributed by atoms with Gasteiger partial charge in [0.2, 0.25) is 5.91 Å². The van der Waals surface area contributed by atoms with Crippen LogP contribution >= 0.6 is 23.1 Å². The van der Waals surface area contributed by atoms with Gasteiger partial charge >= 0.3 is 6.18 Å². The van der Waals surface area contributed by atoms with Crippen LogP contribution in [0.25, 0.3) is 10.6 Å². The zero-order valence-electron chi connectivity index (χ0n) is 14.6. The minimum Gasteiger partial charge on any atom is -0.397 e. The van der Waals surface area contributed by atoms with Crippen LogP contribution < -0.4 is 11.1 Å². The molecule has 0 radical (unpaired) electrons. The highest BCUT2D eigenvalue weighted by Crippen LogP contribution is 2.33. The molecule has 0 fully saturated rings. The fourth-order valence-corrected chi connectivity index (χ4v) is 3.64. The molecular formula is C18H15F3N4OS2. The summed E-state index contributed by atoms with van der Waals surface area (Å²) >= 11 is 2.10. The summed E-state index contributed by atoms with van der Waals surface area (Å²) in [5.41, 5.74) is 6.78. The van der Waals surface area contributed by atoms with Crippen LogP contribution in [0.4, 0.5) is 24.5 Å². The first kappa shape index (κ1) is 20.2. The van der Waals surface area contributed by atoms with E-state index in [2.05, 4.69) is 15.3 Å². The molecule has 0 aliphatic carbocycles. The zero-order valence-corrected chi connectivity index (χ0v) is 16.2. The Balaban J connectivity index is 1.76. The maximum Gasteiger partial charge on any atom is 0.433 e. The van der Waals surface area contributed by atoms with Crippen LogP contribution in [-0.4, -0.2) is 21.6 Å². The molecular weight excluding hydrogens is 409 g/mol. The number of hydrogen-bond acceptors (Lipinski definition) is 6. The number of halogens is 3. The van der Waals surface area contributed by atoms with Crippen LogP contribution in [0.2, 0.25) is 0 Å². The van der Waals surface area contributed by atoms with Gasteiger partial charge in [0, 0.05) is 0 Å². The number of rotatable bonds is 5. The topological polar surface area (TPSA) is 80.9 Å². The van der Waals surface area contributed by atoms with Crippen LogP contribution in [-0.2, 0) is 11.0 Å². The number of aryl methyl sites for hydroxylation is 1. The van der Waals surface area contributed by atoms with E-state index < -0.39 is 17.8 Å². The highest BCUT2D eigenvalue weighted by molar-refractivity contribution is 7.99. The normalized spacial score (nSPS) is 11.4. The van der Waals surface area contributed by atoms with Crippen molar-refractivity contribution >= 4 is 40.4 Å². The Kier molecular flexibility index (Phi) is 5.90. The number of thioether (sulfide) groups is 1. The molecule has 1 amide bonds. The minimum atomic E-state index is -4.61. The highest BCUT2D eigenvalue weighted by atomic mass is 32.2. The van der Waals surface area contributed by atoms with Crippen molar-refractivity contribution in [2.24, 2.45) is 0 Å². The molecule has 0 atom stereocenters. The number of anilines is 2. The standard InChI is InChI=1S/C18H15F3N4OS2/c1-10-4-5-12(11(22)7-10)23-16(26)9-28-17-24-13(14-3-2-6-27-14)8-15(25-17)18(19,20)21/h2-8H,9,22H2,1H3,(H,23,26). The Bertz CT molecular complexity index is 991. The number of carbonyl (C=O) groups is 1. The Labute approximate surface area is 167 Å².